The molecule has 3 aliphatic heterocycles. The van der Waals surface area contributed by atoms with Gasteiger partial charge in [-0.05, 0) is 43.9 Å². The van der Waals surface area contributed by atoms with Crippen LogP contribution in [0.4, 0.5) is 5.69 Å². The number of likely N-dealkylation sites (tertiary alicyclic amines) is 1. The molecule has 1 spiro atoms. The van der Waals surface area contributed by atoms with E-state index in [1.54, 1.807) is 17.1 Å². The lowest BCUT2D eigenvalue weighted by Gasteiger charge is -2.37. The van der Waals surface area contributed by atoms with E-state index in [1.165, 1.54) is 4.90 Å². The zero-order valence-corrected chi connectivity index (χ0v) is 22.3. The van der Waals surface area contributed by atoms with Gasteiger partial charge in [0.1, 0.15) is 11.6 Å². The first-order chi connectivity index (χ1) is 17.2. The highest BCUT2D eigenvalue weighted by Crippen LogP contribution is 2.60. The van der Waals surface area contributed by atoms with Crippen LogP contribution < -0.4 is 4.90 Å². The second-order valence-corrected chi connectivity index (χ2v) is 10.9. The SMILES string of the molecule is C=CCCOC(=O)[C@H]1[C@@H]2OC3(CC2Br)C(C(=O)N(CC=C)c2cc(C)ccc2C)N(CCO)C(=O)[C@H]13. The molecule has 36 heavy (non-hydrogen) atoms. The van der Waals surface area contributed by atoms with Crippen molar-refractivity contribution in [2.45, 2.75) is 49.3 Å². The molecule has 3 unspecified atom stereocenters. The molecule has 8 nitrogen and oxygen atoms in total. The van der Waals surface area contributed by atoms with Crippen LogP contribution in [-0.2, 0) is 23.9 Å². The number of aryl methyl sites for hydroxylation is 2. The van der Waals surface area contributed by atoms with Gasteiger partial charge in [-0.1, -0.05) is 40.2 Å². The van der Waals surface area contributed by atoms with Crippen molar-refractivity contribution in [1.82, 2.24) is 4.90 Å². The van der Waals surface area contributed by atoms with Crippen molar-refractivity contribution < 1.29 is 29.0 Å². The number of fused-ring (bicyclic) bond motifs is 1. The molecule has 4 rings (SSSR count). The first-order valence-corrected chi connectivity index (χ1v) is 13.1. The fourth-order valence-corrected chi connectivity index (χ4v) is 6.90. The molecule has 3 heterocycles. The molecular formula is C27H33BrN2O6. The summed E-state index contributed by atoms with van der Waals surface area (Å²) in [6, 6.07) is 4.85. The van der Waals surface area contributed by atoms with E-state index in [1.807, 2.05) is 32.0 Å². The zero-order chi connectivity index (χ0) is 26.2. The molecule has 2 bridgehead atoms. The molecular weight excluding hydrogens is 528 g/mol. The number of carbonyl (C=O) groups excluding carboxylic acids is 3. The average Bonchev–Trinajstić information content (AvgIpc) is 3.43. The van der Waals surface area contributed by atoms with Crippen molar-refractivity contribution in [2.24, 2.45) is 11.8 Å². The van der Waals surface area contributed by atoms with Crippen LogP contribution in [0.5, 0.6) is 0 Å². The fraction of sp³-hybridized carbons (Fsp3) is 0.519. The molecule has 3 saturated heterocycles. The number of esters is 1. The van der Waals surface area contributed by atoms with Crippen molar-refractivity contribution in [1.29, 1.82) is 0 Å². The van der Waals surface area contributed by atoms with Crippen molar-refractivity contribution in [3.8, 4) is 0 Å². The summed E-state index contributed by atoms with van der Waals surface area (Å²) >= 11 is 3.64. The van der Waals surface area contributed by atoms with Crippen LogP contribution in [-0.4, -0.2) is 76.7 Å². The molecule has 1 aromatic carbocycles. The van der Waals surface area contributed by atoms with Crippen molar-refractivity contribution in [3.05, 3.63) is 54.6 Å². The quantitative estimate of drug-likeness (QED) is 0.204. The lowest BCUT2D eigenvalue weighted by atomic mass is 9.70. The Morgan fingerprint density at radius 1 is 1.33 bits per heavy atom. The van der Waals surface area contributed by atoms with Crippen LogP contribution in [0.15, 0.2) is 43.5 Å². The Labute approximate surface area is 220 Å². The van der Waals surface area contributed by atoms with Gasteiger partial charge >= 0.3 is 5.97 Å². The number of halogens is 1. The number of rotatable bonds is 10. The summed E-state index contributed by atoms with van der Waals surface area (Å²) in [5.41, 5.74) is 1.41. The van der Waals surface area contributed by atoms with E-state index in [0.29, 0.717) is 12.8 Å². The van der Waals surface area contributed by atoms with Crippen LogP contribution in [0.1, 0.15) is 24.0 Å². The van der Waals surface area contributed by atoms with E-state index < -0.39 is 35.6 Å². The number of hydrogen-bond donors (Lipinski definition) is 1. The largest absolute Gasteiger partial charge is 0.465 e. The highest BCUT2D eigenvalue weighted by atomic mass is 79.9. The summed E-state index contributed by atoms with van der Waals surface area (Å²) in [6.07, 6.45) is 3.59. The lowest BCUT2D eigenvalue weighted by Crippen LogP contribution is -2.57. The Morgan fingerprint density at radius 3 is 2.75 bits per heavy atom. The number of nitrogens with zero attached hydrogens (tertiary/aromatic N) is 2. The summed E-state index contributed by atoms with van der Waals surface area (Å²) in [5, 5.41) is 9.80. The minimum Gasteiger partial charge on any atom is -0.465 e. The van der Waals surface area contributed by atoms with Gasteiger partial charge in [0.05, 0.1) is 31.2 Å². The Kier molecular flexibility index (Phi) is 7.73. The van der Waals surface area contributed by atoms with E-state index in [4.69, 9.17) is 9.47 Å². The van der Waals surface area contributed by atoms with Gasteiger partial charge in [0.2, 0.25) is 5.91 Å². The standard InChI is InChI=1S/C27H33BrN2O6/c1-5-7-13-35-26(34)20-21-24(32)30(11-12-31)23(27(21)15-18(28)22(20)36-27)25(33)29(10-6-2)19-14-16(3)8-9-17(19)4/h5-6,8-9,14,18,20-23,31H,1-2,7,10-13,15H2,3-4H3/t18?,20-,21+,22-,23?,27?/m1/s1. The topological polar surface area (TPSA) is 96.4 Å². The minimum absolute atomic E-state index is 0.0402. The van der Waals surface area contributed by atoms with Gasteiger partial charge in [-0.2, -0.15) is 0 Å². The molecule has 0 aliphatic carbocycles. The van der Waals surface area contributed by atoms with Gasteiger partial charge in [0.15, 0.2) is 0 Å². The normalized spacial score (nSPS) is 30.3. The summed E-state index contributed by atoms with van der Waals surface area (Å²) < 4.78 is 11.9. The first kappa shape index (κ1) is 26.6. The summed E-state index contributed by atoms with van der Waals surface area (Å²) in [4.78, 5) is 44.0. The predicted octanol–water partition coefficient (Wildman–Crippen LogP) is 2.68. The van der Waals surface area contributed by atoms with Crippen LogP contribution in [0.3, 0.4) is 0 Å². The molecule has 0 aromatic heterocycles. The molecule has 3 fully saturated rings. The van der Waals surface area contributed by atoms with Crippen LogP contribution in [0.25, 0.3) is 0 Å². The molecule has 6 atom stereocenters. The van der Waals surface area contributed by atoms with E-state index in [9.17, 15) is 19.5 Å². The second-order valence-electron chi connectivity index (χ2n) is 9.69. The molecule has 9 heteroatoms. The van der Waals surface area contributed by atoms with Gasteiger partial charge in [0, 0.05) is 23.6 Å². The maximum Gasteiger partial charge on any atom is 0.312 e. The van der Waals surface area contributed by atoms with Gasteiger partial charge in [0.25, 0.3) is 5.91 Å². The Morgan fingerprint density at radius 2 is 2.08 bits per heavy atom. The minimum atomic E-state index is -1.21. The average molecular weight is 561 g/mol. The molecule has 1 N–H and O–H groups in total. The number of carbonyl (C=O) groups is 3. The second kappa shape index (κ2) is 10.5. The van der Waals surface area contributed by atoms with Gasteiger partial charge in [-0.25, -0.2) is 0 Å². The number of amides is 2. The monoisotopic (exact) mass is 560 g/mol. The van der Waals surface area contributed by atoms with E-state index in [-0.39, 0.29) is 42.9 Å². The molecule has 3 aliphatic rings. The summed E-state index contributed by atoms with van der Waals surface area (Å²) in [7, 11) is 0. The van der Waals surface area contributed by atoms with Crippen molar-refractivity contribution in [3.63, 3.8) is 0 Å². The smallest absolute Gasteiger partial charge is 0.312 e. The number of benzene rings is 1. The molecule has 0 radical (unpaired) electrons. The Hall–Kier alpha value is -2.49. The number of alkyl halides is 1. The van der Waals surface area contributed by atoms with Crippen LogP contribution >= 0.6 is 15.9 Å². The predicted molar refractivity (Wildman–Crippen MR) is 139 cm³/mol. The Bertz CT molecular complexity index is 1080. The number of aliphatic hydroxyl groups is 1. The van der Waals surface area contributed by atoms with Gasteiger partial charge in [-0.15, -0.1) is 13.2 Å². The maximum absolute atomic E-state index is 14.3. The lowest BCUT2D eigenvalue weighted by molar-refractivity contribution is -0.154. The maximum atomic E-state index is 14.3. The molecule has 1 aromatic rings. The van der Waals surface area contributed by atoms with Gasteiger partial charge in [-0.3, -0.25) is 14.4 Å². The molecule has 0 saturated carbocycles. The highest BCUT2D eigenvalue weighted by Gasteiger charge is 2.77. The van der Waals surface area contributed by atoms with E-state index in [2.05, 4.69) is 29.1 Å². The molecule has 194 valence electrons. The van der Waals surface area contributed by atoms with E-state index >= 15 is 0 Å². The third-order valence-electron chi connectivity index (χ3n) is 7.44. The zero-order valence-electron chi connectivity index (χ0n) is 20.7. The fourth-order valence-electron chi connectivity index (χ4n) is 5.96. The number of ether oxygens (including phenoxy) is 2. The summed E-state index contributed by atoms with van der Waals surface area (Å²) in [5.74, 6) is -2.91. The Balaban J connectivity index is 1.76. The first-order valence-electron chi connectivity index (χ1n) is 12.2. The third-order valence-corrected chi connectivity index (χ3v) is 8.28. The van der Waals surface area contributed by atoms with Crippen LogP contribution in [0.2, 0.25) is 0 Å². The number of hydrogen-bond acceptors (Lipinski definition) is 6. The third kappa shape index (κ3) is 4.21. The van der Waals surface area contributed by atoms with E-state index in [0.717, 1.165) is 16.8 Å². The van der Waals surface area contributed by atoms with Gasteiger partial charge < -0.3 is 24.4 Å². The number of β-amino-alcohol motifs (C(OH)–C–C–N with tert-alkyl or cyclic N) is 1. The number of aliphatic hydroxyl groups excluding tert-OH is 1. The highest BCUT2D eigenvalue weighted by molar-refractivity contribution is 9.09. The van der Waals surface area contributed by atoms with Crippen molar-refractivity contribution >= 4 is 39.4 Å². The molecule has 2 amide bonds. The summed E-state index contributed by atoms with van der Waals surface area (Å²) in [6.45, 7) is 11.4. The van der Waals surface area contributed by atoms with Crippen LogP contribution in [0, 0.1) is 25.7 Å². The van der Waals surface area contributed by atoms with Crippen molar-refractivity contribution in [2.75, 3.05) is 31.2 Å². The number of anilines is 1.